The molecule has 0 unspecified atom stereocenters. The average molecular weight is 239 g/mol. The zero-order valence-corrected chi connectivity index (χ0v) is 10.7. The molecule has 1 aromatic carbocycles. The van der Waals surface area contributed by atoms with Gasteiger partial charge in [-0.25, -0.2) is 0 Å². The Kier molecular flexibility index (Phi) is 7.30. The summed E-state index contributed by atoms with van der Waals surface area (Å²) in [4.78, 5) is 1.33. The lowest BCUT2D eigenvalue weighted by atomic mass is 10.2. The number of hydrogen-bond acceptors (Lipinski definition) is 3. The maximum absolute atomic E-state index is 8.69. The normalized spacial score (nSPS) is 10.6. The number of unbranched alkanes of at least 4 members (excludes halogenated alkanes) is 1. The van der Waals surface area contributed by atoms with E-state index in [2.05, 4.69) is 36.5 Å². The third kappa shape index (κ3) is 5.54. The highest BCUT2D eigenvalue weighted by molar-refractivity contribution is 7.99. The second kappa shape index (κ2) is 8.62. The standard InChI is InChI=1S/C13H21NOS/c1-2-14-11-12-6-5-7-13(10-12)16-9-4-3-8-15/h5-7,10,14-15H,2-4,8-9,11H2,1H3. The Balaban J connectivity index is 2.35. The Hall–Kier alpha value is -0.510. The van der Waals surface area contributed by atoms with E-state index in [1.807, 2.05) is 11.8 Å². The SMILES string of the molecule is CCNCc1cccc(SCCCCO)c1. The van der Waals surface area contributed by atoms with Gasteiger partial charge in [-0.05, 0) is 42.8 Å². The van der Waals surface area contributed by atoms with Crippen molar-refractivity contribution in [3.8, 4) is 0 Å². The Morgan fingerprint density at radius 2 is 2.19 bits per heavy atom. The monoisotopic (exact) mass is 239 g/mol. The Morgan fingerprint density at radius 3 is 2.94 bits per heavy atom. The number of nitrogens with one attached hydrogen (secondary N) is 1. The molecular formula is C13H21NOS. The first-order valence-corrected chi connectivity index (χ1v) is 6.88. The number of thioether (sulfide) groups is 1. The fourth-order valence-corrected chi connectivity index (χ4v) is 2.41. The maximum atomic E-state index is 8.69. The number of benzene rings is 1. The van der Waals surface area contributed by atoms with Gasteiger partial charge in [0.25, 0.3) is 0 Å². The van der Waals surface area contributed by atoms with Gasteiger partial charge in [0.2, 0.25) is 0 Å². The van der Waals surface area contributed by atoms with Gasteiger partial charge in [0, 0.05) is 18.0 Å². The molecule has 1 rings (SSSR count). The first-order valence-electron chi connectivity index (χ1n) is 5.90. The molecule has 1 aromatic rings. The molecule has 0 aromatic heterocycles. The first kappa shape index (κ1) is 13.6. The second-order valence-corrected chi connectivity index (χ2v) is 4.88. The molecule has 0 amide bonds. The lowest BCUT2D eigenvalue weighted by molar-refractivity contribution is 0.287. The predicted molar refractivity (Wildman–Crippen MR) is 70.9 cm³/mol. The summed E-state index contributed by atoms with van der Waals surface area (Å²) in [5, 5.41) is 12.0. The van der Waals surface area contributed by atoms with Crippen molar-refractivity contribution >= 4 is 11.8 Å². The minimum Gasteiger partial charge on any atom is -0.396 e. The van der Waals surface area contributed by atoms with Crippen LogP contribution in [0.1, 0.15) is 25.3 Å². The maximum Gasteiger partial charge on any atom is 0.0431 e. The largest absolute Gasteiger partial charge is 0.396 e. The number of aliphatic hydroxyl groups excluding tert-OH is 1. The molecule has 2 N–H and O–H groups in total. The van der Waals surface area contributed by atoms with Crippen LogP contribution in [0.2, 0.25) is 0 Å². The van der Waals surface area contributed by atoms with Crippen molar-refractivity contribution in [3.05, 3.63) is 29.8 Å². The quantitative estimate of drug-likeness (QED) is 0.540. The summed E-state index contributed by atoms with van der Waals surface area (Å²) in [7, 11) is 0. The smallest absolute Gasteiger partial charge is 0.0431 e. The first-order chi connectivity index (χ1) is 7.86. The van der Waals surface area contributed by atoms with Crippen molar-refractivity contribution < 1.29 is 5.11 Å². The Bertz CT molecular complexity index is 291. The topological polar surface area (TPSA) is 32.3 Å². The van der Waals surface area contributed by atoms with Crippen LogP contribution in [0.5, 0.6) is 0 Å². The Morgan fingerprint density at radius 1 is 1.31 bits per heavy atom. The summed E-state index contributed by atoms with van der Waals surface area (Å²) < 4.78 is 0. The molecule has 0 heterocycles. The third-order valence-electron chi connectivity index (χ3n) is 2.30. The van der Waals surface area contributed by atoms with Crippen LogP contribution in [0, 0.1) is 0 Å². The molecule has 90 valence electrons. The van der Waals surface area contributed by atoms with Crippen molar-refractivity contribution in [2.45, 2.75) is 31.2 Å². The lowest BCUT2D eigenvalue weighted by Gasteiger charge is -2.05. The average Bonchev–Trinajstić information content (AvgIpc) is 2.33. The van der Waals surface area contributed by atoms with Gasteiger partial charge in [-0.3, -0.25) is 0 Å². The van der Waals surface area contributed by atoms with Crippen molar-refractivity contribution in [3.63, 3.8) is 0 Å². The number of rotatable bonds is 8. The van der Waals surface area contributed by atoms with E-state index in [4.69, 9.17) is 5.11 Å². The van der Waals surface area contributed by atoms with Gasteiger partial charge < -0.3 is 10.4 Å². The van der Waals surface area contributed by atoms with Crippen LogP contribution >= 0.6 is 11.8 Å². The molecule has 16 heavy (non-hydrogen) atoms. The second-order valence-electron chi connectivity index (χ2n) is 3.71. The van der Waals surface area contributed by atoms with E-state index in [1.165, 1.54) is 10.5 Å². The summed E-state index contributed by atoms with van der Waals surface area (Å²) in [5.74, 6) is 1.09. The van der Waals surface area contributed by atoms with Crippen LogP contribution in [0.25, 0.3) is 0 Å². The highest BCUT2D eigenvalue weighted by Crippen LogP contribution is 2.20. The van der Waals surface area contributed by atoms with E-state index >= 15 is 0 Å². The molecular weight excluding hydrogens is 218 g/mol. The van der Waals surface area contributed by atoms with Crippen molar-refractivity contribution in [2.75, 3.05) is 18.9 Å². The van der Waals surface area contributed by atoms with Crippen molar-refractivity contribution in [1.82, 2.24) is 5.32 Å². The third-order valence-corrected chi connectivity index (χ3v) is 3.38. The highest BCUT2D eigenvalue weighted by Gasteiger charge is 1.96. The zero-order chi connectivity index (χ0) is 11.6. The number of aliphatic hydroxyl groups is 1. The summed E-state index contributed by atoms with van der Waals surface area (Å²) >= 11 is 1.87. The van der Waals surface area contributed by atoms with E-state index in [0.717, 1.165) is 31.7 Å². The van der Waals surface area contributed by atoms with E-state index < -0.39 is 0 Å². The molecule has 0 atom stereocenters. The number of hydrogen-bond donors (Lipinski definition) is 2. The van der Waals surface area contributed by atoms with Crippen LogP contribution in [0.4, 0.5) is 0 Å². The summed E-state index contributed by atoms with van der Waals surface area (Å²) in [5.41, 5.74) is 1.34. The minimum absolute atomic E-state index is 0.307. The fourth-order valence-electron chi connectivity index (χ4n) is 1.42. The lowest BCUT2D eigenvalue weighted by Crippen LogP contribution is -2.11. The van der Waals surface area contributed by atoms with Crippen LogP contribution < -0.4 is 5.32 Å². The van der Waals surface area contributed by atoms with Crippen LogP contribution in [0.15, 0.2) is 29.2 Å². The van der Waals surface area contributed by atoms with Gasteiger partial charge in [0.1, 0.15) is 0 Å². The molecule has 0 aliphatic heterocycles. The molecule has 2 nitrogen and oxygen atoms in total. The summed E-state index contributed by atoms with van der Waals surface area (Å²) in [6.45, 7) is 4.38. The zero-order valence-electron chi connectivity index (χ0n) is 9.91. The molecule has 0 bridgehead atoms. The van der Waals surface area contributed by atoms with E-state index in [0.29, 0.717) is 6.61 Å². The van der Waals surface area contributed by atoms with Gasteiger partial charge in [0.15, 0.2) is 0 Å². The predicted octanol–water partition coefficient (Wildman–Crippen LogP) is 2.66. The summed E-state index contributed by atoms with van der Waals surface area (Å²) in [6, 6.07) is 8.66. The van der Waals surface area contributed by atoms with Gasteiger partial charge in [-0.15, -0.1) is 11.8 Å². The van der Waals surface area contributed by atoms with E-state index in [1.54, 1.807) is 0 Å². The molecule has 0 fully saturated rings. The van der Waals surface area contributed by atoms with Gasteiger partial charge in [0.05, 0.1) is 0 Å². The molecule has 0 spiro atoms. The van der Waals surface area contributed by atoms with E-state index in [9.17, 15) is 0 Å². The summed E-state index contributed by atoms with van der Waals surface area (Å²) in [6.07, 6.45) is 1.99. The van der Waals surface area contributed by atoms with E-state index in [-0.39, 0.29) is 0 Å². The Labute approximate surface area is 102 Å². The van der Waals surface area contributed by atoms with Crippen LogP contribution in [-0.2, 0) is 6.54 Å². The minimum atomic E-state index is 0.307. The highest BCUT2D eigenvalue weighted by atomic mass is 32.2. The van der Waals surface area contributed by atoms with Crippen LogP contribution in [-0.4, -0.2) is 24.0 Å². The van der Waals surface area contributed by atoms with Gasteiger partial charge in [-0.1, -0.05) is 19.1 Å². The van der Waals surface area contributed by atoms with Crippen LogP contribution in [0.3, 0.4) is 0 Å². The van der Waals surface area contributed by atoms with Crippen molar-refractivity contribution in [2.24, 2.45) is 0 Å². The fraction of sp³-hybridized carbons (Fsp3) is 0.538. The van der Waals surface area contributed by atoms with Crippen molar-refractivity contribution in [1.29, 1.82) is 0 Å². The van der Waals surface area contributed by atoms with Gasteiger partial charge in [-0.2, -0.15) is 0 Å². The molecule has 3 heteroatoms. The molecule has 0 aliphatic rings. The molecule has 0 saturated carbocycles. The molecule has 0 saturated heterocycles. The molecule has 0 aliphatic carbocycles. The van der Waals surface area contributed by atoms with Gasteiger partial charge >= 0.3 is 0 Å². The molecule has 0 radical (unpaired) electrons.